The number of carbonyl (C=O) groups excluding carboxylic acids is 1. The van der Waals surface area contributed by atoms with E-state index in [1.807, 2.05) is 13.0 Å². The summed E-state index contributed by atoms with van der Waals surface area (Å²) in [6, 6.07) is 3.58. The number of esters is 1. The maximum Gasteiger partial charge on any atom is 0.339 e. The van der Waals surface area contributed by atoms with Crippen molar-refractivity contribution in [3.63, 3.8) is 0 Å². The molecule has 19 heavy (non-hydrogen) atoms. The van der Waals surface area contributed by atoms with Crippen LogP contribution in [-0.2, 0) is 4.74 Å². The van der Waals surface area contributed by atoms with Crippen LogP contribution in [-0.4, -0.2) is 49.1 Å². The molecule has 2 rings (SSSR count). The summed E-state index contributed by atoms with van der Waals surface area (Å²) in [5, 5.41) is 3.29. The second kappa shape index (κ2) is 6.52. The van der Waals surface area contributed by atoms with E-state index in [-0.39, 0.29) is 5.97 Å². The van der Waals surface area contributed by atoms with E-state index in [1.165, 1.54) is 33.0 Å². The zero-order valence-corrected chi connectivity index (χ0v) is 11.6. The number of hydrogen-bond acceptors (Lipinski definition) is 5. The average Bonchev–Trinajstić information content (AvgIpc) is 2.91. The van der Waals surface area contributed by atoms with Gasteiger partial charge in [-0.1, -0.05) is 0 Å². The van der Waals surface area contributed by atoms with Gasteiger partial charge in [-0.3, -0.25) is 0 Å². The van der Waals surface area contributed by atoms with E-state index in [0.29, 0.717) is 11.3 Å². The van der Waals surface area contributed by atoms with Gasteiger partial charge in [-0.15, -0.1) is 0 Å². The number of carbonyl (C=O) groups is 1. The molecule has 1 aromatic rings. The molecule has 1 saturated heterocycles. The molecule has 1 N–H and O–H groups in total. The van der Waals surface area contributed by atoms with Gasteiger partial charge in [-0.05, 0) is 45.0 Å². The third-order valence-electron chi connectivity index (χ3n) is 3.42. The molecule has 0 spiro atoms. The molecule has 0 aromatic carbocycles. The van der Waals surface area contributed by atoms with Gasteiger partial charge in [0.2, 0.25) is 0 Å². The molecular weight excluding hydrogens is 242 g/mol. The summed E-state index contributed by atoms with van der Waals surface area (Å²) in [7, 11) is 1.38. The SMILES string of the molecule is COC(=O)c1ccc(NCCN2CCCC2)nc1C. The molecular formula is C14H21N3O2. The molecule has 0 atom stereocenters. The molecule has 0 radical (unpaired) electrons. The highest BCUT2D eigenvalue weighted by Crippen LogP contribution is 2.12. The monoisotopic (exact) mass is 263 g/mol. The summed E-state index contributed by atoms with van der Waals surface area (Å²) >= 11 is 0. The van der Waals surface area contributed by atoms with Crippen LogP contribution in [0.1, 0.15) is 28.9 Å². The van der Waals surface area contributed by atoms with Crippen molar-refractivity contribution in [2.75, 3.05) is 38.6 Å². The highest BCUT2D eigenvalue weighted by Gasteiger charge is 2.12. The van der Waals surface area contributed by atoms with E-state index in [2.05, 4.69) is 15.2 Å². The molecule has 104 valence electrons. The minimum atomic E-state index is -0.339. The predicted molar refractivity (Wildman–Crippen MR) is 74.5 cm³/mol. The Bertz CT molecular complexity index is 442. The molecule has 2 heterocycles. The molecule has 0 amide bonds. The lowest BCUT2D eigenvalue weighted by molar-refractivity contribution is 0.0599. The lowest BCUT2D eigenvalue weighted by Crippen LogP contribution is -2.26. The molecule has 5 nitrogen and oxygen atoms in total. The normalized spacial score (nSPS) is 15.5. The lowest BCUT2D eigenvalue weighted by Gasteiger charge is -2.15. The Labute approximate surface area is 114 Å². The predicted octanol–water partition coefficient (Wildman–Crippen LogP) is 1.68. The number of hydrogen-bond donors (Lipinski definition) is 1. The second-order valence-electron chi connectivity index (χ2n) is 4.80. The molecule has 1 fully saturated rings. The second-order valence-corrected chi connectivity index (χ2v) is 4.80. The number of nitrogens with zero attached hydrogens (tertiary/aromatic N) is 2. The van der Waals surface area contributed by atoms with Crippen LogP contribution in [0.25, 0.3) is 0 Å². The Morgan fingerprint density at radius 1 is 1.42 bits per heavy atom. The number of pyridine rings is 1. The first kappa shape index (κ1) is 13.8. The summed E-state index contributed by atoms with van der Waals surface area (Å²) < 4.78 is 4.70. The van der Waals surface area contributed by atoms with E-state index < -0.39 is 0 Å². The van der Waals surface area contributed by atoms with E-state index in [9.17, 15) is 4.79 Å². The topological polar surface area (TPSA) is 54.5 Å². The van der Waals surface area contributed by atoms with Crippen molar-refractivity contribution < 1.29 is 9.53 Å². The van der Waals surface area contributed by atoms with E-state index in [4.69, 9.17) is 4.74 Å². The Morgan fingerprint density at radius 2 is 2.16 bits per heavy atom. The maximum atomic E-state index is 11.4. The first-order valence-corrected chi connectivity index (χ1v) is 6.73. The van der Waals surface area contributed by atoms with Crippen LogP contribution in [0.15, 0.2) is 12.1 Å². The number of ether oxygens (including phenoxy) is 1. The van der Waals surface area contributed by atoms with Crippen LogP contribution in [0.5, 0.6) is 0 Å². The summed E-state index contributed by atoms with van der Waals surface area (Å²) in [5.74, 6) is 0.470. The first-order chi connectivity index (χ1) is 9.20. The van der Waals surface area contributed by atoms with Crippen molar-refractivity contribution in [3.05, 3.63) is 23.4 Å². The quantitative estimate of drug-likeness (QED) is 0.819. The number of rotatable bonds is 5. The third kappa shape index (κ3) is 3.67. The van der Waals surface area contributed by atoms with Gasteiger partial charge >= 0.3 is 5.97 Å². The fraction of sp³-hybridized carbons (Fsp3) is 0.571. The summed E-state index contributed by atoms with van der Waals surface area (Å²) in [5.41, 5.74) is 1.21. The third-order valence-corrected chi connectivity index (χ3v) is 3.42. The van der Waals surface area contributed by atoms with Crippen LogP contribution >= 0.6 is 0 Å². The van der Waals surface area contributed by atoms with Crippen LogP contribution in [0.4, 0.5) is 5.82 Å². The van der Waals surface area contributed by atoms with E-state index in [1.54, 1.807) is 6.07 Å². The van der Waals surface area contributed by atoms with Gasteiger partial charge in [0, 0.05) is 13.1 Å². The Hall–Kier alpha value is -1.62. The zero-order valence-electron chi connectivity index (χ0n) is 11.6. The van der Waals surface area contributed by atoms with Gasteiger partial charge in [-0.2, -0.15) is 0 Å². The van der Waals surface area contributed by atoms with Crippen molar-refractivity contribution in [3.8, 4) is 0 Å². The van der Waals surface area contributed by atoms with Crippen LogP contribution in [0.2, 0.25) is 0 Å². The number of aryl methyl sites for hydroxylation is 1. The summed E-state index contributed by atoms with van der Waals surface area (Å²) in [6.45, 7) is 6.15. The largest absolute Gasteiger partial charge is 0.465 e. The average molecular weight is 263 g/mol. The van der Waals surface area contributed by atoms with Crippen molar-refractivity contribution in [1.29, 1.82) is 0 Å². The maximum absolute atomic E-state index is 11.4. The minimum Gasteiger partial charge on any atom is -0.465 e. The van der Waals surface area contributed by atoms with E-state index in [0.717, 1.165) is 18.9 Å². The van der Waals surface area contributed by atoms with Gasteiger partial charge in [0.25, 0.3) is 0 Å². The van der Waals surface area contributed by atoms with Crippen LogP contribution in [0.3, 0.4) is 0 Å². The van der Waals surface area contributed by atoms with Gasteiger partial charge in [0.1, 0.15) is 5.82 Å². The Kier molecular flexibility index (Phi) is 4.74. The Balaban J connectivity index is 1.87. The first-order valence-electron chi connectivity index (χ1n) is 6.73. The fourth-order valence-corrected chi connectivity index (χ4v) is 2.33. The van der Waals surface area contributed by atoms with Crippen molar-refractivity contribution >= 4 is 11.8 Å². The van der Waals surface area contributed by atoms with Crippen molar-refractivity contribution in [2.45, 2.75) is 19.8 Å². The molecule has 0 bridgehead atoms. The smallest absolute Gasteiger partial charge is 0.339 e. The molecule has 0 unspecified atom stereocenters. The van der Waals surface area contributed by atoms with Gasteiger partial charge in [0.15, 0.2) is 0 Å². The van der Waals surface area contributed by atoms with Crippen LogP contribution < -0.4 is 5.32 Å². The molecule has 5 heteroatoms. The fourth-order valence-electron chi connectivity index (χ4n) is 2.33. The molecule has 1 aliphatic heterocycles. The van der Waals surface area contributed by atoms with Gasteiger partial charge in [0.05, 0.1) is 18.4 Å². The number of methoxy groups -OCH3 is 1. The number of nitrogens with one attached hydrogen (secondary N) is 1. The number of likely N-dealkylation sites (tertiary alicyclic amines) is 1. The molecule has 1 aromatic heterocycles. The van der Waals surface area contributed by atoms with Crippen LogP contribution in [0, 0.1) is 6.92 Å². The van der Waals surface area contributed by atoms with E-state index >= 15 is 0 Å². The molecule has 1 aliphatic rings. The number of anilines is 1. The summed E-state index contributed by atoms with van der Waals surface area (Å²) in [4.78, 5) is 18.3. The van der Waals surface area contributed by atoms with Gasteiger partial charge in [-0.25, -0.2) is 9.78 Å². The lowest BCUT2D eigenvalue weighted by atomic mass is 10.2. The molecule has 0 aliphatic carbocycles. The number of aromatic nitrogens is 1. The summed E-state index contributed by atoms with van der Waals surface area (Å²) in [6.07, 6.45) is 2.62. The van der Waals surface area contributed by atoms with Crippen molar-refractivity contribution in [1.82, 2.24) is 9.88 Å². The van der Waals surface area contributed by atoms with Crippen molar-refractivity contribution in [2.24, 2.45) is 0 Å². The Morgan fingerprint density at radius 3 is 2.79 bits per heavy atom. The van der Waals surface area contributed by atoms with Gasteiger partial charge < -0.3 is 15.0 Å². The zero-order chi connectivity index (χ0) is 13.7. The highest BCUT2D eigenvalue weighted by molar-refractivity contribution is 5.90. The molecule has 0 saturated carbocycles. The standard InChI is InChI=1S/C14H21N3O2/c1-11-12(14(18)19-2)5-6-13(16-11)15-7-10-17-8-3-4-9-17/h5-6H,3-4,7-10H2,1-2H3,(H,15,16). The minimum absolute atomic E-state index is 0.339. The highest BCUT2D eigenvalue weighted by atomic mass is 16.5.